The number of amides is 1. The minimum Gasteiger partial charge on any atom is -0.382 e. The number of nitrogens with zero attached hydrogens (tertiary/aromatic N) is 7. The highest BCUT2D eigenvalue weighted by Gasteiger charge is 2.34. The fourth-order valence-corrected chi connectivity index (χ4v) is 6.29. The van der Waals surface area contributed by atoms with Gasteiger partial charge in [-0.15, -0.1) is 0 Å². The molecule has 0 saturated carbocycles. The van der Waals surface area contributed by atoms with Gasteiger partial charge in [0.1, 0.15) is 5.82 Å². The molecule has 11 heteroatoms. The lowest BCUT2D eigenvalue weighted by Crippen LogP contribution is -2.58. The quantitative estimate of drug-likeness (QED) is 0.340. The number of halogens is 1. The lowest BCUT2D eigenvalue weighted by molar-refractivity contribution is 0.0610. The number of aryl methyl sites for hydroxylation is 2. The van der Waals surface area contributed by atoms with Crippen molar-refractivity contribution in [1.82, 2.24) is 35.1 Å². The maximum atomic E-state index is 12.8. The first-order chi connectivity index (χ1) is 20.4. The van der Waals surface area contributed by atoms with Crippen molar-refractivity contribution in [3.05, 3.63) is 70.5 Å². The second-order valence-corrected chi connectivity index (χ2v) is 11.7. The standard InChI is InChI=1S/C31H42ClN9O/c1-3-24-21-40(18-19-41(24)25-11-16-39(17-12-25)20-23-9-7-22(2)8-10-23)30-28(32)37-27(29(33)38-30)31(42)36-13-4-6-26-34-14-5-15-35-26/h5,7-10,14-15,24-25H,3-4,6,11-13,16-21H2,1-2H3,(H2,33,38)(H,36,42)/t24-/m0/s1. The number of hydrogen-bond donors (Lipinski definition) is 2. The van der Waals surface area contributed by atoms with Gasteiger partial charge in [0.05, 0.1) is 0 Å². The topological polar surface area (TPSA) is 116 Å². The Morgan fingerprint density at radius 1 is 1.07 bits per heavy atom. The van der Waals surface area contributed by atoms with E-state index in [0.717, 1.165) is 51.5 Å². The van der Waals surface area contributed by atoms with Gasteiger partial charge in [0, 0.05) is 63.6 Å². The molecule has 1 atom stereocenters. The second kappa shape index (κ2) is 14.2. The molecule has 2 fully saturated rings. The van der Waals surface area contributed by atoms with E-state index in [1.807, 2.05) is 0 Å². The Kier molecular flexibility index (Phi) is 10.2. The van der Waals surface area contributed by atoms with Crippen LogP contribution >= 0.6 is 11.6 Å². The highest BCUT2D eigenvalue weighted by atomic mass is 35.5. The van der Waals surface area contributed by atoms with E-state index in [4.69, 9.17) is 17.3 Å². The van der Waals surface area contributed by atoms with Gasteiger partial charge in [0.15, 0.2) is 22.5 Å². The summed E-state index contributed by atoms with van der Waals surface area (Å²) in [4.78, 5) is 37.5. The van der Waals surface area contributed by atoms with Crippen molar-refractivity contribution < 1.29 is 4.79 Å². The van der Waals surface area contributed by atoms with Crippen LogP contribution in [-0.4, -0.2) is 87.0 Å². The van der Waals surface area contributed by atoms with Gasteiger partial charge in [0.25, 0.3) is 5.91 Å². The number of benzene rings is 1. The molecule has 0 aliphatic carbocycles. The number of likely N-dealkylation sites (tertiary alicyclic amines) is 1. The number of nitrogens with one attached hydrogen (secondary N) is 1. The van der Waals surface area contributed by atoms with Gasteiger partial charge in [-0.3, -0.25) is 14.6 Å². The predicted octanol–water partition coefficient (Wildman–Crippen LogP) is 3.74. The van der Waals surface area contributed by atoms with E-state index in [2.05, 4.69) is 78.1 Å². The number of rotatable bonds is 10. The van der Waals surface area contributed by atoms with Crippen LogP contribution in [0.5, 0.6) is 0 Å². The molecule has 1 amide bonds. The van der Waals surface area contributed by atoms with E-state index in [9.17, 15) is 4.79 Å². The fraction of sp³-hybridized carbons (Fsp3) is 0.516. The Hall–Kier alpha value is -3.34. The van der Waals surface area contributed by atoms with Crippen LogP contribution in [0.1, 0.15) is 60.0 Å². The van der Waals surface area contributed by atoms with E-state index in [0.29, 0.717) is 37.3 Å². The normalized spacial score (nSPS) is 18.7. The van der Waals surface area contributed by atoms with Crippen molar-refractivity contribution in [2.45, 2.75) is 64.6 Å². The molecule has 4 heterocycles. The van der Waals surface area contributed by atoms with Gasteiger partial charge in [0.2, 0.25) is 0 Å². The Bertz CT molecular complexity index is 1320. The molecule has 2 aliphatic rings. The third-order valence-electron chi connectivity index (χ3n) is 8.41. The van der Waals surface area contributed by atoms with Gasteiger partial charge in [-0.25, -0.2) is 19.9 Å². The zero-order valence-corrected chi connectivity index (χ0v) is 25.4. The van der Waals surface area contributed by atoms with E-state index >= 15 is 0 Å². The van der Waals surface area contributed by atoms with Crippen molar-refractivity contribution in [2.24, 2.45) is 0 Å². The van der Waals surface area contributed by atoms with Crippen molar-refractivity contribution in [3.63, 3.8) is 0 Å². The summed E-state index contributed by atoms with van der Waals surface area (Å²) in [5, 5.41) is 3.06. The molecule has 10 nitrogen and oxygen atoms in total. The summed E-state index contributed by atoms with van der Waals surface area (Å²) in [6, 6.07) is 11.6. The summed E-state index contributed by atoms with van der Waals surface area (Å²) in [5.41, 5.74) is 8.98. The molecular formula is C31H42ClN9O. The lowest BCUT2D eigenvalue weighted by atomic mass is 9.98. The Labute approximate surface area is 253 Å². The monoisotopic (exact) mass is 591 g/mol. The average Bonchev–Trinajstić information content (AvgIpc) is 3.02. The number of nitrogens with two attached hydrogens (primary N) is 1. The summed E-state index contributed by atoms with van der Waals surface area (Å²) in [7, 11) is 0. The van der Waals surface area contributed by atoms with Crippen molar-refractivity contribution >= 4 is 29.1 Å². The van der Waals surface area contributed by atoms with Crippen LogP contribution < -0.4 is 16.0 Å². The largest absolute Gasteiger partial charge is 0.382 e. The first-order valence-electron chi connectivity index (χ1n) is 15.1. The highest BCUT2D eigenvalue weighted by Crippen LogP contribution is 2.30. The molecule has 2 aromatic heterocycles. The highest BCUT2D eigenvalue weighted by molar-refractivity contribution is 6.32. The Morgan fingerprint density at radius 2 is 1.81 bits per heavy atom. The zero-order valence-electron chi connectivity index (χ0n) is 24.7. The molecule has 1 aromatic carbocycles. The van der Waals surface area contributed by atoms with Crippen LogP contribution in [0.2, 0.25) is 5.15 Å². The minimum absolute atomic E-state index is 0.0581. The molecule has 42 heavy (non-hydrogen) atoms. The SMILES string of the molecule is CC[C@H]1CN(c2nc(N)c(C(=O)NCCCc3ncccn3)nc2Cl)CCN1C1CCN(Cc2ccc(C)cc2)CC1. The predicted molar refractivity (Wildman–Crippen MR) is 167 cm³/mol. The van der Waals surface area contributed by atoms with Gasteiger partial charge in [-0.2, -0.15) is 0 Å². The number of piperidine rings is 1. The lowest BCUT2D eigenvalue weighted by Gasteiger charge is -2.47. The Morgan fingerprint density at radius 3 is 2.52 bits per heavy atom. The van der Waals surface area contributed by atoms with E-state index < -0.39 is 0 Å². The summed E-state index contributed by atoms with van der Waals surface area (Å²) < 4.78 is 0. The second-order valence-electron chi connectivity index (χ2n) is 11.3. The van der Waals surface area contributed by atoms with E-state index in [-0.39, 0.29) is 22.6 Å². The number of aromatic nitrogens is 4. The fourth-order valence-electron chi connectivity index (χ4n) is 6.04. The summed E-state index contributed by atoms with van der Waals surface area (Å²) in [6.07, 6.45) is 8.18. The van der Waals surface area contributed by atoms with Crippen LogP contribution in [0.3, 0.4) is 0 Å². The Balaban J connectivity index is 1.13. The van der Waals surface area contributed by atoms with Gasteiger partial charge < -0.3 is 16.0 Å². The molecule has 0 radical (unpaired) electrons. The number of carbonyl (C=O) groups excluding carboxylic acids is 1. The number of anilines is 2. The molecule has 5 rings (SSSR count). The first kappa shape index (κ1) is 30.1. The summed E-state index contributed by atoms with van der Waals surface area (Å²) >= 11 is 6.60. The van der Waals surface area contributed by atoms with Crippen LogP contribution in [0.15, 0.2) is 42.7 Å². The molecule has 0 bridgehead atoms. The van der Waals surface area contributed by atoms with Crippen molar-refractivity contribution in [2.75, 3.05) is 49.9 Å². The van der Waals surface area contributed by atoms with Crippen molar-refractivity contribution in [1.29, 1.82) is 0 Å². The van der Waals surface area contributed by atoms with Crippen LogP contribution in [-0.2, 0) is 13.0 Å². The molecule has 2 saturated heterocycles. The molecule has 2 aliphatic heterocycles. The third kappa shape index (κ3) is 7.53. The number of piperazine rings is 1. The zero-order chi connectivity index (χ0) is 29.5. The summed E-state index contributed by atoms with van der Waals surface area (Å²) in [5.74, 6) is 1.01. The maximum Gasteiger partial charge on any atom is 0.273 e. The van der Waals surface area contributed by atoms with E-state index in [1.165, 1.54) is 24.0 Å². The average molecular weight is 592 g/mol. The van der Waals surface area contributed by atoms with Gasteiger partial charge >= 0.3 is 0 Å². The molecule has 3 N–H and O–H groups in total. The number of nitrogen functional groups attached to an aromatic ring is 1. The molecular weight excluding hydrogens is 550 g/mol. The third-order valence-corrected chi connectivity index (χ3v) is 8.67. The van der Waals surface area contributed by atoms with Gasteiger partial charge in [-0.05, 0) is 57.3 Å². The van der Waals surface area contributed by atoms with Crippen LogP contribution in [0, 0.1) is 6.92 Å². The first-order valence-corrected chi connectivity index (χ1v) is 15.4. The van der Waals surface area contributed by atoms with Crippen LogP contribution in [0.4, 0.5) is 11.6 Å². The molecule has 3 aromatic rings. The number of carbonyl (C=O) groups is 1. The van der Waals surface area contributed by atoms with Crippen LogP contribution in [0.25, 0.3) is 0 Å². The molecule has 0 spiro atoms. The smallest absolute Gasteiger partial charge is 0.273 e. The van der Waals surface area contributed by atoms with Gasteiger partial charge in [-0.1, -0.05) is 48.4 Å². The summed E-state index contributed by atoms with van der Waals surface area (Å²) in [6.45, 7) is 10.6. The molecule has 224 valence electrons. The molecule has 0 unspecified atom stereocenters. The van der Waals surface area contributed by atoms with Crippen molar-refractivity contribution in [3.8, 4) is 0 Å². The number of hydrogen-bond acceptors (Lipinski definition) is 9. The van der Waals surface area contributed by atoms with E-state index in [1.54, 1.807) is 18.5 Å². The maximum absolute atomic E-state index is 12.8. The minimum atomic E-state index is -0.382.